The van der Waals surface area contributed by atoms with Crippen LogP contribution in [-0.4, -0.2) is 39.0 Å². The highest BCUT2D eigenvalue weighted by Gasteiger charge is 2.53. The lowest BCUT2D eigenvalue weighted by atomic mass is 10.0. The number of hydrogen-bond acceptors (Lipinski definition) is 3. The van der Waals surface area contributed by atoms with Crippen molar-refractivity contribution in [1.29, 1.82) is 0 Å². The van der Waals surface area contributed by atoms with E-state index in [1.807, 2.05) is 0 Å². The van der Waals surface area contributed by atoms with Crippen molar-refractivity contribution in [3.8, 4) is 0 Å². The van der Waals surface area contributed by atoms with E-state index < -0.39 is 9.84 Å². The van der Waals surface area contributed by atoms with Crippen LogP contribution in [0.5, 0.6) is 0 Å². The van der Waals surface area contributed by atoms with Crippen molar-refractivity contribution >= 4 is 15.9 Å². The van der Waals surface area contributed by atoms with E-state index in [0.717, 1.165) is 12.5 Å². The zero-order chi connectivity index (χ0) is 14.2. The molecule has 1 saturated heterocycles. The van der Waals surface area contributed by atoms with Gasteiger partial charge in [-0.15, -0.1) is 0 Å². The molecule has 3 aliphatic rings. The summed E-state index contributed by atoms with van der Waals surface area (Å²) in [5.74, 6) is 1.70. The van der Waals surface area contributed by atoms with Crippen molar-refractivity contribution in [3.63, 3.8) is 0 Å². The Hall–Kier alpha value is -0.780. The van der Waals surface area contributed by atoms with Gasteiger partial charge in [-0.1, -0.05) is 0 Å². The van der Waals surface area contributed by atoms with Gasteiger partial charge in [0.2, 0.25) is 0 Å². The molecule has 0 aromatic rings. The van der Waals surface area contributed by atoms with Crippen molar-refractivity contribution < 1.29 is 13.2 Å². The summed E-state index contributed by atoms with van der Waals surface area (Å²) in [5.41, 5.74) is 0.427. The lowest BCUT2D eigenvalue weighted by Gasteiger charge is -2.22. The molecule has 0 radical (unpaired) electrons. The summed E-state index contributed by atoms with van der Waals surface area (Å²) in [6.07, 6.45) is 6.54. The lowest BCUT2D eigenvalue weighted by Crippen LogP contribution is -2.42. The molecule has 2 aliphatic carbocycles. The summed E-state index contributed by atoms with van der Waals surface area (Å²) in [5, 5.41) is 5.89. The predicted octanol–water partition coefficient (Wildman–Crippen LogP) is 1.30. The minimum absolute atomic E-state index is 0.0923. The first kappa shape index (κ1) is 14.2. The van der Waals surface area contributed by atoms with Gasteiger partial charge < -0.3 is 10.6 Å². The average molecular weight is 300 g/mol. The van der Waals surface area contributed by atoms with Crippen molar-refractivity contribution in [2.45, 2.75) is 38.5 Å². The van der Waals surface area contributed by atoms with Crippen LogP contribution in [0.25, 0.3) is 0 Å². The van der Waals surface area contributed by atoms with Crippen molar-refractivity contribution in [2.24, 2.45) is 17.3 Å². The summed E-state index contributed by atoms with van der Waals surface area (Å²) in [6, 6.07) is -0.0923. The van der Waals surface area contributed by atoms with Gasteiger partial charge in [-0.05, 0) is 55.8 Å². The van der Waals surface area contributed by atoms with E-state index >= 15 is 0 Å². The molecule has 114 valence electrons. The monoisotopic (exact) mass is 300 g/mol. The van der Waals surface area contributed by atoms with Gasteiger partial charge in [-0.3, -0.25) is 0 Å². The van der Waals surface area contributed by atoms with E-state index in [1.165, 1.54) is 25.7 Å². The fourth-order valence-corrected chi connectivity index (χ4v) is 4.87. The Morgan fingerprint density at radius 1 is 1.05 bits per heavy atom. The maximum Gasteiger partial charge on any atom is 0.314 e. The van der Waals surface area contributed by atoms with Gasteiger partial charge >= 0.3 is 6.03 Å². The molecule has 3 fully saturated rings. The Balaban J connectivity index is 1.33. The van der Waals surface area contributed by atoms with E-state index in [1.54, 1.807) is 0 Å². The Bertz CT molecular complexity index is 467. The zero-order valence-corrected chi connectivity index (χ0v) is 12.7. The molecule has 6 heteroatoms. The lowest BCUT2D eigenvalue weighted by molar-refractivity contribution is 0.234. The maximum absolute atomic E-state index is 11.8. The van der Waals surface area contributed by atoms with Crippen LogP contribution in [0.1, 0.15) is 38.5 Å². The van der Waals surface area contributed by atoms with Crippen LogP contribution in [0.2, 0.25) is 0 Å². The van der Waals surface area contributed by atoms with Gasteiger partial charge in [0.25, 0.3) is 0 Å². The first-order chi connectivity index (χ1) is 9.49. The number of nitrogens with one attached hydrogen (secondary N) is 2. The van der Waals surface area contributed by atoms with Gasteiger partial charge in [0.05, 0.1) is 11.5 Å². The van der Waals surface area contributed by atoms with Crippen molar-refractivity contribution in [3.05, 3.63) is 0 Å². The van der Waals surface area contributed by atoms with Gasteiger partial charge in [-0.25, -0.2) is 13.2 Å². The first-order valence-electron chi connectivity index (χ1n) is 7.71. The van der Waals surface area contributed by atoms with Gasteiger partial charge in [0, 0.05) is 13.1 Å². The highest BCUT2D eigenvalue weighted by molar-refractivity contribution is 7.91. The van der Waals surface area contributed by atoms with E-state index in [2.05, 4.69) is 10.6 Å². The minimum Gasteiger partial charge on any atom is -0.338 e. The number of carbonyl (C=O) groups is 1. The standard InChI is InChI=1S/C14H24N2O3S/c17-13(16-10-14(5-6-14)12-1-2-12)15-9-11-3-7-20(18,19)8-4-11/h11-12H,1-10H2,(H2,15,16,17). The second-order valence-electron chi connectivity index (χ2n) is 6.80. The molecule has 0 aromatic carbocycles. The molecule has 3 rings (SSSR count). The van der Waals surface area contributed by atoms with E-state index in [9.17, 15) is 13.2 Å². The number of amides is 2. The molecule has 2 N–H and O–H groups in total. The Kier molecular flexibility index (Phi) is 3.69. The molecule has 0 bridgehead atoms. The smallest absolute Gasteiger partial charge is 0.314 e. The predicted molar refractivity (Wildman–Crippen MR) is 77.2 cm³/mol. The number of hydrogen-bond donors (Lipinski definition) is 2. The van der Waals surface area contributed by atoms with E-state index in [-0.39, 0.29) is 17.5 Å². The molecular weight excluding hydrogens is 276 g/mol. The highest BCUT2D eigenvalue weighted by atomic mass is 32.2. The summed E-state index contributed by atoms with van der Waals surface area (Å²) in [4.78, 5) is 11.8. The van der Waals surface area contributed by atoms with E-state index in [0.29, 0.717) is 30.7 Å². The van der Waals surface area contributed by atoms with Crippen LogP contribution in [0.15, 0.2) is 0 Å². The van der Waals surface area contributed by atoms with Gasteiger partial charge in [-0.2, -0.15) is 0 Å². The fourth-order valence-electron chi connectivity index (χ4n) is 3.28. The summed E-state index contributed by atoms with van der Waals surface area (Å²) < 4.78 is 22.6. The molecule has 1 heterocycles. The fraction of sp³-hybridized carbons (Fsp3) is 0.929. The number of sulfone groups is 1. The quantitative estimate of drug-likeness (QED) is 0.803. The van der Waals surface area contributed by atoms with Crippen LogP contribution < -0.4 is 10.6 Å². The molecule has 0 unspecified atom stereocenters. The second-order valence-corrected chi connectivity index (χ2v) is 9.10. The Morgan fingerprint density at radius 2 is 1.70 bits per heavy atom. The Morgan fingerprint density at radius 3 is 2.25 bits per heavy atom. The maximum atomic E-state index is 11.8. The van der Waals surface area contributed by atoms with Gasteiger partial charge in [0.1, 0.15) is 9.84 Å². The van der Waals surface area contributed by atoms with Gasteiger partial charge in [0.15, 0.2) is 0 Å². The molecule has 0 aromatic heterocycles. The first-order valence-corrected chi connectivity index (χ1v) is 9.53. The SMILES string of the molecule is O=C(NCC1CCS(=O)(=O)CC1)NCC1(C2CC2)CC1. The third-order valence-electron chi connectivity index (χ3n) is 5.16. The van der Waals surface area contributed by atoms with Crippen LogP contribution in [0.3, 0.4) is 0 Å². The summed E-state index contributed by atoms with van der Waals surface area (Å²) in [6.45, 7) is 1.40. The summed E-state index contributed by atoms with van der Waals surface area (Å²) >= 11 is 0. The van der Waals surface area contributed by atoms with Crippen molar-refractivity contribution in [1.82, 2.24) is 10.6 Å². The third-order valence-corrected chi connectivity index (χ3v) is 6.88. The second kappa shape index (κ2) is 5.20. The molecule has 20 heavy (non-hydrogen) atoms. The van der Waals surface area contributed by atoms with Crippen LogP contribution in [0.4, 0.5) is 4.79 Å². The molecule has 1 aliphatic heterocycles. The van der Waals surface area contributed by atoms with Crippen LogP contribution >= 0.6 is 0 Å². The number of urea groups is 1. The number of carbonyl (C=O) groups excluding carboxylic acids is 1. The largest absolute Gasteiger partial charge is 0.338 e. The summed E-state index contributed by atoms with van der Waals surface area (Å²) in [7, 11) is -2.81. The highest BCUT2D eigenvalue weighted by Crippen LogP contribution is 2.60. The topological polar surface area (TPSA) is 75.3 Å². The van der Waals surface area contributed by atoms with Crippen LogP contribution in [-0.2, 0) is 9.84 Å². The van der Waals surface area contributed by atoms with Crippen LogP contribution in [0, 0.1) is 17.3 Å². The molecule has 2 amide bonds. The molecular formula is C14H24N2O3S. The average Bonchev–Trinajstić information content (AvgIpc) is 3.27. The van der Waals surface area contributed by atoms with Crippen molar-refractivity contribution in [2.75, 3.05) is 24.6 Å². The molecule has 2 saturated carbocycles. The Labute approximate surface area is 120 Å². The molecule has 5 nitrogen and oxygen atoms in total. The minimum atomic E-state index is -2.81. The molecule has 0 atom stereocenters. The zero-order valence-electron chi connectivity index (χ0n) is 11.9. The van der Waals surface area contributed by atoms with E-state index in [4.69, 9.17) is 0 Å². The number of rotatable bonds is 5. The third kappa shape index (κ3) is 3.45. The normalized spacial score (nSPS) is 27.8. The molecule has 0 spiro atoms.